The van der Waals surface area contributed by atoms with Gasteiger partial charge in [-0.05, 0) is 25.0 Å². The number of likely N-dealkylation sites (tertiary alicyclic amines) is 1. The second kappa shape index (κ2) is 8.46. The Morgan fingerprint density at radius 2 is 2.12 bits per heavy atom. The number of para-hydroxylation sites is 1. The van der Waals surface area contributed by atoms with Crippen LogP contribution < -0.4 is 16.0 Å². The van der Waals surface area contributed by atoms with E-state index in [9.17, 15) is 19.1 Å². The third-order valence-corrected chi connectivity index (χ3v) is 5.04. The van der Waals surface area contributed by atoms with E-state index in [-0.39, 0.29) is 23.4 Å². The first-order chi connectivity index (χ1) is 12.5. The average molecular weight is 364 g/mol. The Labute approximate surface area is 151 Å². The van der Waals surface area contributed by atoms with Gasteiger partial charge in [-0.3, -0.25) is 4.79 Å². The smallest absolute Gasteiger partial charge is 0.321 e. The summed E-state index contributed by atoms with van der Waals surface area (Å²) in [6, 6.07) is 5.60. The summed E-state index contributed by atoms with van der Waals surface area (Å²) in [6.45, 7) is 2.50. The second-order valence-electron chi connectivity index (χ2n) is 6.93. The lowest BCUT2D eigenvalue weighted by molar-refractivity contribution is -0.126. The number of hydrogen-bond donors (Lipinski definition) is 4. The maximum Gasteiger partial charge on any atom is 0.321 e. The lowest BCUT2D eigenvalue weighted by Gasteiger charge is -2.32. The zero-order valence-electron chi connectivity index (χ0n) is 14.6. The molecule has 0 saturated carbocycles. The average Bonchev–Trinajstić information content (AvgIpc) is 3.06. The van der Waals surface area contributed by atoms with Gasteiger partial charge in [0, 0.05) is 38.6 Å². The molecule has 0 spiro atoms. The molecule has 7 nitrogen and oxygen atoms in total. The number of nitrogens with one attached hydrogen (secondary N) is 3. The Kier molecular flexibility index (Phi) is 6.05. The summed E-state index contributed by atoms with van der Waals surface area (Å²) >= 11 is 0. The molecule has 142 valence electrons. The van der Waals surface area contributed by atoms with Crippen LogP contribution in [0.5, 0.6) is 0 Å². The number of piperidine rings is 1. The molecule has 4 N–H and O–H groups in total. The van der Waals surface area contributed by atoms with Crippen LogP contribution in [0.25, 0.3) is 0 Å². The SMILES string of the molecule is O=C(NCC1CNCC1O)C1CCCN(C(=O)Nc2ccccc2F)C1. The second-order valence-corrected chi connectivity index (χ2v) is 6.93. The number of anilines is 1. The zero-order chi connectivity index (χ0) is 18.5. The van der Waals surface area contributed by atoms with Crippen molar-refractivity contribution in [2.24, 2.45) is 11.8 Å². The van der Waals surface area contributed by atoms with Crippen LogP contribution in [0, 0.1) is 17.7 Å². The Hall–Kier alpha value is -2.19. The number of aliphatic hydroxyl groups excluding tert-OH is 1. The summed E-state index contributed by atoms with van der Waals surface area (Å²) < 4.78 is 13.7. The van der Waals surface area contributed by atoms with Gasteiger partial charge in [-0.25, -0.2) is 9.18 Å². The predicted molar refractivity (Wildman–Crippen MR) is 95.1 cm³/mol. The number of rotatable bonds is 4. The fourth-order valence-electron chi connectivity index (χ4n) is 3.44. The number of amides is 3. The molecule has 3 amide bonds. The van der Waals surface area contributed by atoms with Gasteiger partial charge in [-0.2, -0.15) is 0 Å². The molecule has 1 aromatic carbocycles. The van der Waals surface area contributed by atoms with Crippen molar-refractivity contribution in [3.05, 3.63) is 30.1 Å². The lowest BCUT2D eigenvalue weighted by Crippen LogP contribution is -2.48. The molecule has 3 rings (SSSR count). The molecule has 3 unspecified atom stereocenters. The van der Waals surface area contributed by atoms with E-state index >= 15 is 0 Å². The van der Waals surface area contributed by atoms with E-state index < -0.39 is 18.0 Å². The van der Waals surface area contributed by atoms with Gasteiger partial charge in [0.1, 0.15) is 5.82 Å². The lowest BCUT2D eigenvalue weighted by atomic mass is 9.97. The summed E-state index contributed by atoms with van der Waals surface area (Å²) in [5.41, 5.74) is 0.131. The van der Waals surface area contributed by atoms with Crippen molar-refractivity contribution in [1.29, 1.82) is 0 Å². The number of carbonyl (C=O) groups excluding carboxylic acids is 2. The van der Waals surface area contributed by atoms with Crippen LogP contribution >= 0.6 is 0 Å². The van der Waals surface area contributed by atoms with Crippen LogP contribution in [0.4, 0.5) is 14.9 Å². The maximum atomic E-state index is 13.7. The van der Waals surface area contributed by atoms with E-state index in [2.05, 4.69) is 16.0 Å². The number of aliphatic hydroxyl groups is 1. The van der Waals surface area contributed by atoms with Crippen LogP contribution in [0.1, 0.15) is 12.8 Å². The first-order valence-electron chi connectivity index (χ1n) is 9.01. The highest BCUT2D eigenvalue weighted by atomic mass is 19.1. The molecule has 26 heavy (non-hydrogen) atoms. The van der Waals surface area contributed by atoms with Gasteiger partial charge in [-0.15, -0.1) is 0 Å². The van der Waals surface area contributed by atoms with Crippen molar-refractivity contribution in [2.45, 2.75) is 18.9 Å². The van der Waals surface area contributed by atoms with Gasteiger partial charge in [-0.1, -0.05) is 12.1 Å². The van der Waals surface area contributed by atoms with Crippen LogP contribution in [0.15, 0.2) is 24.3 Å². The molecule has 0 aliphatic carbocycles. The molecule has 2 fully saturated rings. The molecule has 8 heteroatoms. The summed E-state index contributed by atoms with van der Waals surface area (Å²) in [5, 5.41) is 18.3. The molecular weight excluding hydrogens is 339 g/mol. The summed E-state index contributed by atoms with van der Waals surface area (Å²) in [5.74, 6) is -0.868. The number of hydrogen-bond acceptors (Lipinski definition) is 4. The van der Waals surface area contributed by atoms with Crippen molar-refractivity contribution >= 4 is 17.6 Å². The number of carbonyl (C=O) groups is 2. The predicted octanol–water partition coefficient (Wildman–Crippen LogP) is 0.766. The van der Waals surface area contributed by atoms with Crippen LogP contribution in [0.2, 0.25) is 0 Å². The van der Waals surface area contributed by atoms with E-state index in [1.54, 1.807) is 17.0 Å². The van der Waals surface area contributed by atoms with E-state index in [0.29, 0.717) is 39.1 Å². The van der Waals surface area contributed by atoms with Crippen molar-refractivity contribution in [3.8, 4) is 0 Å². The van der Waals surface area contributed by atoms with Gasteiger partial charge in [0.25, 0.3) is 0 Å². The largest absolute Gasteiger partial charge is 0.391 e. The Morgan fingerprint density at radius 3 is 2.85 bits per heavy atom. The molecule has 2 heterocycles. The molecular formula is C18H25FN4O3. The molecule has 0 aromatic heterocycles. The van der Waals surface area contributed by atoms with E-state index in [1.165, 1.54) is 12.1 Å². The number of β-amino-alcohol motifs (C(OH)–C–C–N with tert-alkyl or cyclic N) is 1. The molecule has 0 bridgehead atoms. The first-order valence-corrected chi connectivity index (χ1v) is 9.01. The van der Waals surface area contributed by atoms with Gasteiger partial charge < -0.3 is 26.0 Å². The van der Waals surface area contributed by atoms with Crippen LogP contribution in [-0.2, 0) is 4.79 Å². The number of benzene rings is 1. The van der Waals surface area contributed by atoms with Crippen molar-refractivity contribution in [2.75, 3.05) is 38.0 Å². The topological polar surface area (TPSA) is 93.7 Å². The van der Waals surface area contributed by atoms with Crippen LogP contribution in [0.3, 0.4) is 0 Å². The highest BCUT2D eigenvalue weighted by molar-refractivity contribution is 5.90. The standard InChI is InChI=1S/C18H25FN4O3/c19-14-5-1-2-6-15(14)22-18(26)23-7-3-4-12(11-23)17(25)21-9-13-8-20-10-16(13)24/h1-2,5-6,12-13,16,20,24H,3-4,7-11H2,(H,21,25)(H,22,26). The quantitative estimate of drug-likeness (QED) is 0.635. The monoisotopic (exact) mass is 364 g/mol. The minimum atomic E-state index is -0.490. The third-order valence-electron chi connectivity index (χ3n) is 5.04. The minimum absolute atomic E-state index is 0.0167. The molecule has 3 atom stereocenters. The Morgan fingerprint density at radius 1 is 1.31 bits per heavy atom. The Bertz CT molecular complexity index is 657. The first kappa shape index (κ1) is 18.6. The molecule has 2 aliphatic heterocycles. The molecule has 2 aliphatic rings. The molecule has 0 radical (unpaired) electrons. The summed E-state index contributed by atoms with van der Waals surface area (Å²) in [4.78, 5) is 26.3. The number of urea groups is 1. The van der Waals surface area contributed by atoms with Crippen molar-refractivity contribution < 1.29 is 19.1 Å². The fourth-order valence-corrected chi connectivity index (χ4v) is 3.44. The van der Waals surface area contributed by atoms with Gasteiger partial charge >= 0.3 is 6.03 Å². The Balaban J connectivity index is 1.50. The highest BCUT2D eigenvalue weighted by Crippen LogP contribution is 2.19. The van der Waals surface area contributed by atoms with Crippen molar-refractivity contribution in [3.63, 3.8) is 0 Å². The maximum absolute atomic E-state index is 13.7. The van der Waals surface area contributed by atoms with E-state index in [0.717, 1.165) is 6.42 Å². The molecule has 1 aromatic rings. The van der Waals surface area contributed by atoms with E-state index in [4.69, 9.17) is 0 Å². The third kappa shape index (κ3) is 4.50. The van der Waals surface area contributed by atoms with Gasteiger partial charge in [0.05, 0.1) is 17.7 Å². The minimum Gasteiger partial charge on any atom is -0.391 e. The van der Waals surface area contributed by atoms with Gasteiger partial charge in [0.15, 0.2) is 0 Å². The summed E-state index contributed by atoms with van der Waals surface area (Å²) in [6.07, 6.45) is 0.988. The number of nitrogens with zero attached hydrogens (tertiary/aromatic N) is 1. The normalized spacial score (nSPS) is 25.8. The highest BCUT2D eigenvalue weighted by Gasteiger charge is 2.30. The molecule has 2 saturated heterocycles. The summed E-state index contributed by atoms with van der Waals surface area (Å²) in [7, 11) is 0. The van der Waals surface area contributed by atoms with Gasteiger partial charge in [0.2, 0.25) is 5.91 Å². The zero-order valence-corrected chi connectivity index (χ0v) is 14.6. The number of halogens is 1. The van der Waals surface area contributed by atoms with Crippen molar-refractivity contribution in [1.82, 2.24) is 15.5 Å². The fraction of sp³-hybridized carbons (Fsp3) is 0.556. The van der Waals surface area contributed by atoms with Crippen LogP contribution in [-0.4, -0.2) is 60.8 Å². The van der Waals surface area contributed by atoms with E-state index in [1.807, 2.05) is 0 Å².